The lowest BCUT2D eigenvalue weighted by atomic mass is 10.3. The van der Waals surface area contributed by atoms with Crippen molar-refractivity contribution in [3.05, 3.63) is 0 Å². The topological polar surface area (TPSA) is 54.0 Å². The molecule has 0 aromatic rings. The van der Waals surface area contributed by atoms with E-state index in [4.69, 9.17) is 18.4 Å². The molecule has 5 nitrogen and oxygen atoms in total. The van der Waals surface area contributed by atoms with Crippen LogP contribution in [-0.4, -0.2) is 40.0 Å². The summed E-state index contributed by atoms with van der Waals surface area (Å²) in [4.78, 5) is 0. The Morgan fingerprint density at radius 1 is 0.955 bits per heavy atom. The van der Waals surface area contributed by atoms with Gasteiger partial charge in [-0.1, -0.05) is 19.8 Å². The maximum atomic E-state index is 13.6. The molecule has 0 heterocycles. The van der Waals surface area contributed by atoms with Gasteiger partial charge in [0.2, 0.25) is 6.03 Å². The molecular formula is C15H35O5PSi. The Hall–Kier alpha value is 0.287. The molecule has 0 N–H and O–H groups in total. The third-order valence-electron chi connectivity index (χ3n) is 2.94. The predicted molar refractivity (Wildman–Crippen MR) is 94.0 cm³/mol. The number of ether oxygens (including phenoxy) is 2. The summed E-state index contributed by atoms with van der Waals surface area (Å²) in [6, 6.07) is -0.847. The first-order chi connectivity index (χ1) is 10.2. The lowest BCUT2D eigenvalue weighted by Crippen LogP contribution is -2.36. The second-order valence-corrected chi connectivity index (χ2v) is 13.1. The Labute approximate surface area is 137 Å². The van der Waals surface area contributed by atoms with E-state index in [1.807, 2.05) is 20.8 Å². The van der Waals surface area contributed by atoms with Crippen LogP contribution in [-0.2, 0) is 23.0 Å². The van der Waals surface area contributed by atoms with Gasteiger partial charge in [0.15, 0.2) is 8.32 Å². The molecule has 0 aromatic carbocycles. The molecule has 0 bridgehead atoms. The summed E-state index contributed by atoms with van der Waals surface area (Å²) in [5, 5.41) is 0. The van der Waals surface area contributed by atoms with Gasteiger partial charge in [-0.2, -0.15) is 0 Å². The quantitative estimate of drug-likeness (QED) is 0.264. The Bertz CT molecular complexity index is 326. The monoisotopic (exact) mass is 354 g/mol. The van der Waals surface area contributed by atoms with Crippen LogP contribution in [0.5, 0.6) is 0 Å². The van der Waals surface area contributed by atoms with E-state index < -0.39 is 27.6 Å². The summed E-state index contributed by atoms with van der Waals surface area (Å²) in [6.45, 7) is 15.2. The molecule has 22 heavy (non-hydrogen) atoms. The number of rotatable bonds is 13. The van der Waals surface area contributed by atoms with Crippen molar-refractivity contribution in [2.24, 2.45) is 0 Å². The van der Waals surface area contributed by atoms with Crippen molar-refractivity contribution in [3.8, 4) is 0 Å². The summed E-state index contributed by atoms with van der Waals surface area (Å²) in [5.41, 5.74) is 0. The minimum absolute atomic E-state index is 0.353. The predicted octanol–water partition coefficient (Wildman–Crippen LogP) is 5.03. The molecular weight excluding hydrogens is 319 g/mol. The van der Waals surface area contributed by atoms with Gasteiger partial charge in [-0.3, -0.25) is 4.57 Å². The van der Waals surface area contributed by atoms with Crippen molar-refractivity contribution in [3.63, 3.8) is 0 Å². The van der Waals surface area contributed by atoms with Crippen LogP contribution in [0.25, 0.3) is 0 Å². The standard InChI is InChI=1S/C15H35O5PSi/c1-8-12-13-14(20-22(5,6)7)21(16,19-11-4)15(17-9-2)18-10-3/h14-15H,8-13H2,1-7H3. The molecule has 0 aliphatic heterocycles. The maximum absolute atomic E-state index is 13.6. The van der Waals surface area contributed by atoms with E-state index in [0.717, 1.165) is 12.8 Å². The fraction of sp³-hybridized carbons (Fsp3) is 1.00. The zero-order valence-corrected chi connectivity index (χ0v) is 17.3. The number of unbranched alkanes of at least 4 members (excludes halogenated alkanes) is 1. The largest absolute Gasteiger partial charge is 0.405 e. The van der Waals surface area contributed by atoms with Gasteiger partial charge >= 0.3 is 0 Å². The van der Waals surface area contributed by atoms with Gasteiger partial charge in [0.25, 0.3) is 7.37 Å². The highest BCUT2D eigenvalue weighted by atomic mass is 31.2. The Kier molecular flexibility index (Phi) is 11.1. The molecule has 2 atom stereocenters. The molecule has 0 rings (SSSR count). The van der Waals surface area contributed by atoms with Gasteiger partial charge in [0.1, 0.15) is 5.85 Å². The SMILES string of the molecule is CCCCC(O[Si](C)(C)C)P(=O)(OCC)C(OCC)OCC. The molecule has 0 amide bonds. The summed E-state index contributed by atoms with van der Waals surface area (Å²) in [5.74, 6) is -0.456. The number of hydrogen-bond acceptors (Lipinski definition) is 5. The molecule has 0 saturated carbocycles. The summed E-state index contributed by atoms with van der Waals surface area (Å²) in [6.07, 6.45) is 2.66. The van der Waals surface area contributed by atoms with Gasteiger partial charge in [0, 0.05) is 13.2 Å². The molecule has 2 unspecified atom stereocenters. The number of hydrogen-bond donors (Lipinski definition) is 0. The van der Waals surface area contributed by atoms with Crippen molar-refractivity contribution in [1.29, 1.82) is 0 Å². The van der Waals surface area contributed by atoms with Crippen molar-refractivity contribution in [1.82, 2.24) is 0 Å². The first-order valence-corrected chi connectivity index (χ1v) is 13.6. The average molecular weight is 355 g/mol. The van der Waals surface area contributed by atoms with Crippen molar-refractivity contribution >= 4 is 15.7 Å². The molecule has 0 aromatic heterocycles. The van der Waals surface area contributed by atoms with Gasteiger partial charge in [0.05, 0.1) is 6.61 Å². The van der Waals surface area contributed by atoms with Crippen LogP contribution in [0.4, 0.5) is 0 Å². The van der Waals surface area contributed by atoms with Gasteiger partial charge < -0.3 is 18.4 Å². The first kappa shape index (κ1) is 22.3. The summed E-state index contributed by atoms with van der Waals surface area (Å²) >= 11 is 0. The highest BCUT2D eigenvalue weighted by Crippen LogP contribution is 2.59. The second kappa shape index (κ2) is 10.9. The molecule has 0 radical (unpaired) electrons. The smallest absolute Gasteiger partial charge is 0.284 e. The molecule has 0 fully saturated rings. The molecule has 134 valence electrons. The summed E-state index contributed by atoms with van der Waals surface area (Å²) in [7, 11) is -5.09. The Morgan fingerprint density at radius 3 is 1.86 bits per heavy atom. The van der Waals surface area contributed by atoms with E-state index in [9.17, 15) is 4.57 Å². The molecule has 7 heteroatoms. The van der Waals surface area contributed by atoms with Crippen LogP contribution in [0, 0.1) is 0 Å². The highest BCUT2D eigenvalue weighted by molar-refractivity contribution is 7.60. The van der Waals surface area contributed by atoms with Gasteiger partial charge in [-0.15, -0.1) is 0 Å². The Balaban J connectivity index is 5.48. The maximum Gasteiger partial charge on any atom is 0.284 e. The fourth-order valence-corrected chi connectivity index (χ4v) is 6.81. The zero-order valence-electron chi connectivity index (χ0n) is 15.4. The lowest BCUT2D eigenvalue weighted by molar-refractivity contribution is -0.0920. The van der Waals surface area contributed by atoms with E-state index in [-0.39, 0.29) is 0 Å². The van der Waals surface area contributed by atoms with Crippen LogP contribution in [0.15, 0.2) is 0 Å². The molecule has 0 saturated heterocycles. The second-order valence-electron chi connectivity index (χ2n) is 6.11. The first-order valence-electron chi connectivity index (χ1n) is 8.40. The zero-order chi connectivity index (χ0) is 17.2. The van der Waals surface area contributed by atoms with Crippen LogP contribution >= 0.6 is 7.37 Å². The molecule has 0 spiro atoms. The van der Waals surface area contributed by atoms with Crippen LogP contribution in [0.2, 0.25) is 19.6 Å². The van der Waals surface area contributed by atoms with Crippen molar-refractivity contribution in [2.45, 2.75) is 78.5 Å². The van der Waals surface area contributed by atoms with E-state index in [1.54, 1.807) is 0 Å². The molecule has 0 aliphatic carbocycles. The van der Waals surface area contributed by atoms with Gasteiger partial charge in [-0.25, -0.2) is 0 Å². The van der Waals surface area contributed by atoms with E-state index in [0.29, 0.717) is 26.2 Å². The van der Waals surface area contributed by atoms with E-state index >= 15 is 0 Å². The van der Waals surface area contributed by atoms with E-state index in [2.05, 4.69) is 26.6 Å². The van der Waals surface area contributed by atoms with Crippen LogP contribution in [0.1, 0.15) is 47.0 Å². The lowest BCUT2D eigenvalue weighted by Gasteiger charge is -2.36. The highest BCUT2D eigenvalue weighted by Gasteiger charge is 2.45. The Morgan fingerprint density at radius 2 is 1.50 bits per heavy atom. The fourth-order valence-electron chi connectivity index (χ4n) is 2.12. The van der Waals surface area contributed by atoms with Crippen LogP contribution < -0.4 is 0 Å². The average Bonchev–Trinajstić information content (AvgIpc) is 2.42. The van der Waals surface area contributed by atoms with Crippen LogP contribution in [0.3, 0.4) is 0 Å². The minimum atomic E-state index is -3.23. The van der Waals surface area contributed by atoms with Crippen molar-refractivity contribution in [2.75, 3.05) is 19.8 Å². The summed E-state index contributed by atoms with van der Waals surface area (Å²) < 4.78 is 36.7. The third-order valence-corrected chi connectivity index (χ3v) is 6.84. The van der Waals surface area contributed by atoms with Crippen molar-refractivity contribution < 1.29 is 23.0 Å². The molecule has 0 aliphatic rings. The normalized spacial score (nSPS) is 16.7. The van der Waals surface area contributed by atoms with Gasteiger partial charge in [-0.05, 0) is 46.8 Å². The third kappa shape index (κ3) is 7.71. The minimum Gasteiger partial charge on any atom is -0.405 e. The van der Waals surface area contributed by atoms with E-state index in [1.165, 1.54) is 0 Å².